The molecule has 8 rings (SSSR count). The van der Waals surface area contributed by atoms with Gasteiger partial charge in [0.2, 0.25) is 40.8 Å². The zero-order valence-corrected chi connectivity index (χ0v) is 61.8. The molecule has 0 aliphatic heterocycles. The third-order valence-corrected chi connectivity index (χ3v) is 13.9. The van der Waals surface area contributed by atoms with Gasteiger partial charge in [-0.25, -0.2) is 52.7 Å². The van der Waals surface area contributed by atoms with E-state index in [4.69, 9.17) is 80.5 Å². The smallest absolute Gasteiger partial charge is 0.343 e. The van der Waals surface area contributed by atoms with E-state index in [1.165, 1.54) is 187 Å². The van der Waals surface area contributed by atoms with Gasteiger partial charge in [0.25, 0.3) is 0 Å². The molecule has 8 aromatic rings. The number of hydrogen-bond acceptors (Lipinski definition) is 28. The van der Waals surface area contributed by atoms with Crippen LogP contribution in [-0.2, 0) is 57.2 Å². The fourth-order valence-corrected chi connectivity index (χ4v) is 7.88. The van der Waals surface area contributed by atoms with Gasteiger partial charge >= 0.3 is 65.7 Å². The largest absolute Gasteiger partial charge is 0.457 e. The van der Waals surface area contributed by atoms with Gasteiger partial charge in [0.05, 0.1) is 27.8 Å². The lowest BCUT2D eigenvalue weighted by Gasteiger charge is -2.11. The van der Waals surface area contributed by atoms with Crippen LogP contribution < -0.4 is 52.1 Å². The maximum atomic E-state index is 12.6. The number of esters is 11. The van der Waals surface area contributed by atoms with Gasteiger partial charge in [-0.3, -0.25) is 0 Å². The monoisotopic (exact) mass is 1530 g/mol. The Labute approximate surface area is 643 Å². The topological polar surface area (TPSA) is 345 Å². The molecule has 0 radical (unpaired) electrons. The molecular weight excluding hydrogens is 1460 g/mol. The van der Waals surface area contributed by atoms with Crippen molar-refractivity contribution in [1.82, 2.24) is 0 Å². The lowest BCUT2D eigenvalue weighted by Crippen LogP contribution is -2.12. The second kappa shape index (κ2) is 43.7. The van der Waals surface area contributed by atoms with Crippen LogP contribution in [0.3, 0.4) is 0 Å². The predicted octanol–water partition coefficient (Wildman–Crippen LogP) is 14.2. The fraction of sp³-hybridized carbons (Fsp3) is 0.155. The highest BCUT2D eigenvalue weighted by atomic mass is 16.7. The maximum Gasteiger partial charge on any atom is 0.343 e. The number of hydrogen-bond donors (Lipinski definition) is 0. The number of rotatable bonds is 34. The molecule has 8 aromatic carbocycles. The minimum absolute atomic E-state index is 0.241. The lowest BCUT2D eigenvalue weighted by atomic mass is 10.2. The van der Waals surface area contributed by atoms with Gasteiger partial charge in [-0.1, -0.05) is 39.5 Å². The summed E-state index contributed by atoms with van der Waals surface area (Å²) >= 11 is 0. The molecule has 0 unspecified atom stereocenters. The summed E-state index contributed by atoms with van der Waals surface area (Å²) < 4.78 is 87.7. The van der Waals surface area contributed by atoms with Crippen molar-refractivity contribution < 1.29 is 133 Å². The normalized spacial score (nSPS) is 10.0. The first kappa shape index (κ1) is 86.1. The van der Waals surface area contributed by atoms with Gasteiger partial charge in [-0.05, 0) is 242 Å². The van der Waals surface area contributed by atoms with E-state index in [0.29, 0.717) is 51.4 Å². The molecule has 0 N–H and O–H groups in total. The van der Waals surface area contributed by atoms with Crippen LogP contribution in [0.4, 0.5) is 0 Å². The Balaban J connectivity index is 0.000000265. The maximum absolute atomic E-state index is 12.6. The van der Waals surface area contributed by atoms with E-state index in [0.717, 1.165) is 0 Å². The van der Waals surface area contributed by atoms with Crippen LogP contribution in [0.1, 0.15) is 98.9 Å². The fourth-order valence-electron chi connectivity index (χ4n) is 7.88. The highest BCUT2D eigenvalue weighted by Gasteiger charge is 2.18. The van der Waals surface area contributed by atoms with E-state index in [2.05, 4.69) is 39.5 Å². The van der Waals surface area contributed by atoms with Gasteiger partial charge in [-0.2, -0.15) is 0 Å². The van der Waals surface area contributed by atoms with Crippen molar-refractivity contribution in [3.8, 4) is 63.2 Å². The summed E-state index contributed by atoms with van der Waals surface area (Å²) in [5.74, 6) is -2.60. The Morgan fingerprint density at radius 2 is 0.384 bits per heavy atom. The SMILES string of the molecule is C=C(C)C(=O)OCOc1ccc(C(=O)Oc2ccc(OC(=O)c3ccc(OCOC(=O)C(=C)C)cc3)c(C)c2)cc1.C=C(C)C(=O)OCOc1ccc(C(=O)Oc2ccc(OC(=O)c3ccc(OCOC(=O)C(=C)C)cc3)cc2)cc1.C=C(C)C(=O)OCOc1ccc(OC(=O)c2ccc(OCOC(=O)C(=C)C)cc2)cc1. The quantitative estimate of drug-likeness (QED) is 0.0119. The Morgan fingerprint density at radius 3 is 0.571 bits per heavy atom. The van der Waals surface area contributed by atoms with Crippen LogP contribution in [0, 0.1) is 6.92 Å². The van der Waals surface area contributed by atoms with Gasteiger partial charge in [-0.15, -0.1) is 0 Å². The minimum atomic E-state index is -0.610. The van der Waals surface area contributed by atoms with E-state index in [1.807, 2.05) is 0 Å². The van der Waals surface area contributed by atoms with Crippen molar-refractivity contribution in [2.45, 2.75) is 48.5 Å². The molecule has 0 heterocycles. The third-order valence-electron chi connectivity index (χ3n) is 13.9. The van der Waals surface area contributed by atoms with Gasteiger partial charge < -0.3 is 80.5 Å². The van der Waals surface area contributed by atoms with E-state index in [9.17, 15) is 52.7 Å². The molecule has 0 aliphatic carbocycles. The van der Waals surface area contributed by atoms with Crippen molar-refractivity contribution in [3.63, 3.8) is 0 Å². The first-order valence-electron chi connectivity index (χ1n) is 33.1. The first-order valence-corrected chi connectivity index (χ1v) is 33.1. The van der Waals surface area contributed by atoms with Crippen molar-refractivity contribution >= 4 is 65.7 Å². The lowest BCUT2D eigenvalue weighted by molar-refractivity contribution is -0.146. The van der Waals surface area contributed by atoms with Crippen molar-refractivity contribution in [3.05, 3.63) is 294 Å². The van der Waals surface area contributed by atoms with Crippen LogP contribution in [0.15, 0.2) is 261 Å². The number of carbonyl (C=O) groups is 11. The van der Waals surface area contributed by atoms with Crippen LogP contribution in [0.5, 0.6) is 63.2 Å². The Bertz CT molecular complexity index is 4640. The molecule has 0 spiro atoms. The molecule has 112 heavy (non-hydrogen) atoms. The summed E-state index contributed by atoms with van der Waals surface area (Å²) in [6, 6.07) is 47.2. The summed E-state index contributed by atoms with van der Waals surface area (Å²) in [4.78, 5) is 130. The average Bonchev–Trinajstić information content (AvgIpc) is 0.839. The van der Waals surface area contributed by atoms with Crippen molar-refractivity contribution in [2.24, 2.45) is 0 Å². The molecule has 28 heteroatoms. The molecule has 0 saturated heterocycles. The summed E-state index contributed by atoms with van der Waals surface area (Å²) in [7, 11) is 0. The highest BCUT2D eigenvalue weighted by molar-refractivity contribution is 5.95. The molecule has 0 amide bonds. The highest BCUT2D eigenvalue weighted by Crippen LogP contribution is 2.28. The van der Waals surface area contributed by atoms with E-state index < -0.39 is 65.7 Å². The summed E-state index contributed by atoms with van der Waals surface area (Å²) in [5, 5.41) is 0. The zero-order chi connectivity index (χ0) is 81.8. The van der Waals surface area contributed by atoms with Crippen molar-refractivity contribution in [2.75, 3.05) is 40.8 Å². The number of benzene rings is 8. The minimum Gasteiger partial charge on any atom is -0.457 e. The molecule has 0 aromatic heterocycles. The second-order valence-electron chi connectivity index (χ2n) is 23.3. The average molecular weight is 1530 g/mol. The third kappa shape index (κ3) is 29.8. The van der Waals surface area contributed by atoms with Gasteiger partial charge in [0.15, 0.2) is 0 Å². The standard InChI is InChI=1S/C31H28O10.C30H26O10.C23H22O8/c1-19(2)28(32)38-17-36-24-10-6-22(7-11-24)30(34)40-26-14-15-27(21(5)16-26)41-31(35)23-8-12-25(13-9-23)37-18-39-29(33)20(3)4;1-19(2)27(31)37-17-35-23-9-5-21(6-10-23)29(33)39-25-13-15-26(16-14-25)40-30(34)22-7-11-24(12-8-22)36-18-38-28(32)20(3)4;1-15(2)21(24)29-13-27-18-7-5-17(6-8-18)23(26)31-20-11-9-19(10-12-20)28-14-30-22(25)16(3)4/h6-16H,1,3,17-18H2,2,4-5H3;5-16H,1,3,17-18H2,2,4H3;5-12H,1,3,13-14H2,2,4H3. The molecule has 580 valence electrons. The molecule has 0 bridgehead atoms. The summed E-state index contributed by atoms with van der Waals surface area (Å²) in [5.41, 5.74) is 3.51. The molecule has 0 fully saturated rings. The number of aryl methyl sites for hydroxylation is 1. The van der Waals surface area contributed by atoms with Crippen LogP contribution >= 0.6 is 0 Å². The van der Waals surface area contributed by atoms with E-state index >= 15 is 0 Å². The molecule has 28 nitrogen and oxygen atoms in total. The predicted molar refractivity (Wildman–Crippen MR) is 399 cm³/mol. The van der Waals surface area contributed by atoms with Crippen LogP contribution in [0.2, 0.25) is 0 Å². The Morgan fingerprint density at radius 1 is 0.223 bits per heavy atom. The van der Waals surface area contributed by atoms with Crippen LogP contribution in [-0.4, -0.2) is 106 Å². The number of ether oxygens (including phenoxy) is 17. The summed E-state index contributed by atoms with van der Waals surface area (Å²) in [6.07, 6.45) is 0. The molecule has 0 saturated carbocycles. The summed E-state index contributed by atoms with van der Waals surface area (Å²) in [6.45, 7) is 30.0. The van der Waals surface area contributed by atoms with E-state index in [-0.39, 0.29) is 119 Å². The van der Waals surface area contributed by atoms with Gasteiger partial charge in [0, 0.05) is 33.4 Å². The Kier molecular flexibility index (Phi) is 33.6. The van der Waals surface area contributed by atoms with Crippen LogP contribution in [0.25, 0.3) is 0 Å². The number of carbonyl (C=O) groups excluding carboxylic acids is 11. The van der Waals surface area contributed by atoms with E-state index in [1.54, 1.807) is 49.4 Å². The molecule has 0 aliphatic rings. The van der Waals surface area contributed by atoms with Gasteiger partial charge in [0.1, 0.15) is 63.2 Å². The molecular formula is C84H76O28. The Hall–Kier alpha value is -14.8. The first-order chi connectivity index (χ1) is 53.4. The molecule has 0 atom stereocenters. The van der Waals surface area contributed by atoms with Crippen molar-refractivity contribution in [1.29, 1.82) is 0 Å². The second-order valence-corrected chi connectivity index (χ2v) is 23.3. The zero-order valence-electron chi connectivity index (χ0n) is 61.8.